The van der Waals surface area contributed by atoms with Crippen LogP contribution in [-0.4, -0.2) is 12.1 Å². The van der Waals surface area contributed by atoms with Crippen molar-refractivity contribution in [2.24, 2.45) is 0 Å². The summed E-state index contributed by atoms with van der Waals surface area (Å²) < 4.78 is 0. The highest BCUT2D eigenvalue weighted by Gasteiger charge is 2.31. The quantitative estimate of drug-likeness (QED) is 0.791. The van der Waals surface area contributed by atoms with Gasteiger partial charge in [0.25, 0.3) is 0 Å². The van der Waals surface area contributed by atoms with Crippen molar-refractivity contribution in [2.75, 3.05) is 0 Å². The number of halogens is 2. The van der Waals surface area contributed by atoms with E-state index in [0.29, 0.717) is 18.0 Å². The van der Waals surface area contributed by atoms with Crippen molar-refractivity contribution >= 4 is 23.2 Å². The van der Waals surface area contributed by atoms with Gasteiger partial charge in [-0.2, -0.15) is 0 Å². The molecule has 1 aliphatic heterocycles. The maximum Gasteiger partial charge on any atom is 0.0456 e. The lowest BCUT2D eigenvalue weighted by Gasteiger charge is -2.18. The third kappa shape index (κ3) is 2.15. The molecule has 0 aromatic heterocycles. The Morgan fingerprint density at radius 1 is 1.20 bits per heavy atom. The van der Waals surface area contributed by atoms with Crippen LogP contribution in [-0.2, 0) is 0 Å². The van der Waals surface area contributed by atoms with Gasteiger partial charge in [-0.3, -0.25) is 0 Å². The number of benzene rings is 1. The first-order valence-corrected chi connectivity index (χ1v) is 6.05. The van der Waals surface area contributed by atoms with Crippen LogP contribution < -0.4 is 5.32 Å². The number of hydrogen-bond acceptors (Lipinski definition) is 1. The summed E-state index contributed by atoms with van der Waals surface area (Å²) in [7, 11) is 0. The molecule has 0 radical (unpaired) electrons. The Labute approximate surface area is 101 Å². The van der Waals surface area contributed by atoms with E-state index in [1.54, 1.807) is 0 Å². The fraction of sp³-hybridized carbons (Fsp3) is 0.500. The first-order chi connectivity index (χ1) is 7.09. The minimum absolute atomic E-state index is 0.432. The van der Waals surface area contributed by atoms with Gasteiger partial charge in [0.15, 0.2) is 0 Å². The van der Waals surface area contributed by atoms with Gasteiger partial charge >= 0.3 is 0 Å². The molecule has 1 aliphatic rings. The minimum Gasteiger partial charge on any atom is -0.311 e. The van der Waals surface area contributed by atoms with E-state index in [0.717, 1.165) is 22.0 Å². The average molecular weight is 244 g/mol. The second kappa shape index (κ2) is 4.32. The first-order valence-electron chi connectivity index (χ1n) is 5.29. The van der Waals surface area contributed by atoms with Crippen LogP contribution >= 0.6 is 23.2 Å². The maximum absolute atomic E-state index is 6.21. The van der Waals surface area contributed by atoms with Crippen LogP contribution in [0.1, 0.15) is 31.7 Å². The highest BCUT2D eigenvalue weighted by atomic mass is 35.5. The van der Waals surface area contributed by atoms with Gasteiger partial charge in [-0.1, -0.05) is 29.3 Å². The van der Waals surface area contributed by atoms with E-state index in [9.17, 15) is 0 Å². The van der Waals surface area contributed by atoms with Crippen molar-refractivity contribution in [1.29, 1.82) is 0 Å². The Kier molecular flexibility index (Phi) is 3.24. The average Bonchev–Trinajstić information content (AvgIpc) is 2.45. The van der Waals surface area contributed by atoms with E-state index < -0.39 is 0 Å². The summed E-state index contributed by atoms with van der Waals surface area (Å²) in [6.07, 6.45) is 1.10. The Morgan fingerprint density at radius 2 is 1.80 bits per heavy atom. The van der Waals surface area contributed by atoms with Gasteiger partial charge in [0.05, 0.1) is 0 Å². The van der Waals surface area contributed by atoms with E-state index >= 15 is 0 Å². The zero-order valence-electron chi connectivity index (χ0n) is 8.93. The molecule has 82 valence electrons. The van der Waals surface area contributed by atoms with Crippen molar-refractivity contribution in [1.82, 2.24) is 5.32 Å². The second-order valence-corrected chi connectivity index (χ2v) is 5.15. The third-order valence-corrected chi connectivity index (χ3v) is 3.79. The van der Waals surface area contributed by atoms with Gasteiger partial charge in [0, 0.05) is 28.0 Å². The van der Waals surface area contributed by atoms with Crippen LogP contribution in [0.2, 0.25) is 10.0 Å². The van der Waals surface area contributed by atoms with Crippen molar-refractivity contribution in [3.8, 4) is 0 Å². The molecule has 1 aromatic carbocycles. The predicted molar refractivity (Wildman–Crippen MR) is 65.9 cm³/mol. The molecule has 3 atom stereocenters. The Balaban J connectivity index is 2.37. The molecule has 1 saturated heterocycles. The SMILES string of the molecule is CC1CC(c2c(Cl)cccc2Cl)C(C)N1. The molecule has 3 heteroatoms. The third-order valence-electron chi connectivity index (χ3n) is 3.13. The van der Waals surface area contributed by atoms with Crippen LogP contribution in [0.5, 0.6) is 0 Å². The molecule has 1 fully saturated rings. The summed E-state index contributed by atoms with van der Waals surface area (Å²) in [6.45, 7) is 4.38. The van der Waals surface area contributed by atoms with Gasteiger partial charge in [-0.05, 0) is 38.0 Å². The maximum atomic E-state index is 6.21. The van der Waals surface area contributed by atoms with Crippen LogP contribution in [0.3, 0.4) is 0 Å². The summed E-state index contributed by atoms with van der Waals surface area (Å²) >= 11 is 12.4. The van der Waals surface area contributed by atoms with Crippen molar-refractivity contribution in [2.45, 2.75) is 38.3 Å². The summed E-state index contributed by atoms with van der Waals surface area (Å²) in [5.41, 5.74) is 1.10. The standard InChI is InChI=1S/C12H15Cl2N/c1-7-6-9(8(2)15-7)12-10(13)4-3-5-11(12)14/h3-5,7-9,15H,6H2,1-2H3. The normalized spacial score (nSPS) is 30.8. The van der Waals surface area contributed by atoms with Crippen LogP contribution in [0.15, 0.2) is 18.2 Å². The molecule has 0 saturated carbocycles. The van der Waals surface area contributed by atoms with E-state index in [4.69, 9.17) is 23.2 Å². The van der Waals surface area contributed by atoms with Crippen LogP contribution in [0.4, 0.5) is 0 Å². The minimum atomic E-state index is 0.432. The highest BCUT2D eigenvalue weighted by Crippen LogP contribution is 2.38. The monoisotopic (exact) mass is 243 g/mol. The molecule has 1 aromatic rings. The second-order valence-electron chi connectivity index (χ2n) is 4.33. The molecule has 1 nitrogen and oxygen atoms in total. The number of nitrogens with one attached hydrogen (secondary N) is 1. The van der Waals surface area contributed by atoms with Crippen LogP contribution in [0, 0.1) is 0 Å². The molecule has 15 heavy (non-hydrogen) atoms. The molecule has 2 rings (SSSR count). The fourth-order valence-electron chi connectivity index (χ4n) is 2.45. The molecule has 0 amide bonds. The Morgan fingerprint density at radius 3 is 2.27 bits per heavy atom. The molecule has 1 heterocycles. The van der Waals surface area contributed by atoms with E-state index in [1.165, 1.54) is 0 Å². The summed E-state index contributed by atoms with van der Waals surface area (Å²) in [4.78, 5) is 0. The molecular formula is C12H15Cl2N. The molecule has 0 spiro atoms. The summed E-state index contributed by atoms with van der Waals surface area (Å²) in [6, 6.07) is 6.71. The van der Waals surface area contributed by atoms with Crippen LogP contribution in [0.25, 0.3) is 0 Å². The van der Waals surface area contributed by atoms with Crippen molar-refractivity contribution < 1.29 is 0 Å². The highest BCUT2D eigenvalue weighted by molar-refractivity contribution is 6.36. The summed E-state index contributed by atoms with van der Waals surface area (Å²) in [5.74, 6) is 0.432. The Bertz CT molecular complexity index is 344. The molecule has 3 unspecified atom stereocenters. The number of hydrogen-bond donors (Lipinski definition) is 1. The van der Waals surface area contributed by atoms with Crippen molar-refractivity contribution in [3.63, 3.8) is 0 Å². The van der Waals surface area contributed by atoms with Gasteiger partial charge < -0.3 is 5.32 Å². The Hall–Kier alpha value is -0.240. The zero-order valence-corrected chi connectivity index (χ0v) is 10.4. The molecule has 0 bridgehead atoms. The predicted octanol–water partition coefficient (Wildman–Crippen LogP) is 3.85. The lowest BCUT2D eigenvalue weighted by molar-refractivity contribution is 0.575. The lowest BCUT2D eigenvalue weighted by atomic mass is 9.91. The first kappa shape index (κ1) is 11.3. The van der Waals surface area contributed by atoms with Gasteiger partial charge in [-0.25, -0.2) is 0 Å². The molecular weight excluding hydrogens is 229 g/mol. The smallest absolute Gasteiger partial charge is 0.0456 e. The number of rotatable bonds is 1. The fourth-order valence-corrected chi connectivity index (χ4v) is 3.13. The topological polar surface area (TPSA) is 12.0 Å². The largest absolute Gasteiger partial charge is 0.311 e. The molecule has 1 N–H and O–H groups in total. The van der Waals surface area contributed by atoms with E-state index in [1.807, 2.05) is 18.2 Å². The van der Waals surface area contributed by atoms with E-state index in [2.05, 4.69) is 19.2 Å². The van der Waals surface area contributed by atoms with E-state index in [-0.39, 0.29) is 0 Å². The van der Waals surface area contributed by atoms with Gasteiger partial charge in [0.1, 0.15) is 0 Å². The lowest BCUT2D eigenvalue weighted by Crippen LogP contribution is -2.26. The van der Waals surface area contributed by atoms with Gasteiger partial charge in [-0.15, -0.1) is 0 Å². The summed E-state index contributed by atoms with van der Waals surface area (Å²) in [5, 5.41) is 5.08. The van der Waals surface area contributed by atoms with Gasteiger partial charge in [0.2, 0.25) is 0 Å². The van der Waals surface area contributed by atoms with Crippen molar-refractivity contribution in [3.05, 3.63) is 33.8 Å². The molecule has 0 aliphatic carbocycles. The zero-order chi connectivity index (χ0) is 11.0.